The molecule has 0 aliphatic heterocycles. The van der Waals surface area contributed by atoms with E-state index < -0.39 is 5.60 Å². The van der Waals surface area contributed by atoms with Gasteiger partial charge in [0.05, 0.1) is 12.8 Å². The Morgan fingerprint density at radius 3 is 2.59 bits per heavy atom. The predicted octanol–water partition coefficient (Wildman–Crippen LogP) is 2.24. The zero-order valence-electron chi connectivity index (χ0n) is 13.2. The maximum atomic E-state index is 11.8. The van der Waals surface area contributed by atoms with Crippen LogP contribution in [0.2, 0.25) is 0 Å². The lowest BCUT2D eigenvalue weighted by Gasteiger charge is -2.24. The molecule has 0 aliphatic carbocycles. The van der Waals surface area contributed by atoms with E-state index in [9.17, 15) is 4.79 Å². The van der Waals surface area contributed by atoms with E-state index >= 15 is 0 Å². The molecule has 0 saturated heterocycles. The lowest BCUT2D eigenvalue weighted by molar-refractivity contribution is -0.158. The summed E-state index contributed by atoms with van der Waals surface area (Å²) >= 11 is 0. The van der Waals surface area contributed by atoms with E-state index in [0.717, 1.165) is 18.5 Å². The first-order valence-corrected chi connectivity index (χ1v) is 7.30. The van der Waals surface area contributed by atoms with Gasteiger partial charge in [0.2, 0.25) is 0 Å². The van der Waals surface area contributed by atoms with Crippen LogP contribution in [0.25, 0.3) is 0 Å². The van der Waals surface area contributed by atoms with Gasteiger partial charge in [-0.2, -0.15) is 0 Å². The highest BCUT2D eigenvalue weighted by atomic mass is 16.6. The zero-order chi connectivity index (χ0) is 16.0. The molecule has 1 aromatic heterocycles. The molecule has 6 heteroatoms. The fraction of sp³-hybridized carbons (Fsp3) is 0.438. The van der Waals surface area contributed by atoms with Crippen LogP contribution in [-0.2, 0) is 22.5 Å². The van der Waals surface area contributed by atoms with Crippen LogP contribution in [0, 0.1) is 0 Å². The first kappa shape index (κ1) is 16.0. The normalized spacial score (nSPS) is 11.2. The smallest absolute Gasteiger partial charge is 0.349 e. The van der Waals surface area contributed by atoms with E-state index in [1.165, 1.54) is 0 Å². The van der Waals surface area contributed by atoms with Crippen LogP contribution in [-0.4, -0.2) is 33.2 Å². The molecular formula is C16H21N3O3. The highest BCUT2D eigenvalue weighted by Crippen LogP contribution is 2.20. The van der Waals surface area contributed by atoms with Gasteiger partial charge in [0.1, 0.15) is 5.75 Å². The highest BCUT2D eigenvalue weighted by molar-refractivity contribution is 5.79. The van der Waals surface area contributed by atoms with Gasteiger partial charge in [0.25, 0.3) is 0 Å². The van der Waals surface area contributed by atoms with Crippen LogP contribution in [0.1, 0.15) is 26.3 Å². The number of rotatable bonds is 7. The molecule has 0 amide bonds. The molecule has 0 atom stereocenters. The number of benzene rings is 1. The molecule has 0 bridgehead atoms. The Bertz CT molecular complexity index is 592. The second-order valence-corrected chi connectivity index (χ2v) is 5.39. The molecule has 118 valence electrons. The first-order valence-electron chi connectivity index (χ1n) is 7.30. The summed E-state index contributed by atoms with van der Waals surface area (Å²) in [5, 5.41) is 7.69. The van der Waals surface area contributed by atoms with Crippen molar-refractivity contribution < 1.29 is 14.3 Å². The molecule has 0 saturated carbocycles. The molecule has 0 fully saturated rings. The first-order chi connectivity index (χ1) is 10.5. The highest BCUT2D eigenvalue weighted by Gasteiger charge is 2.31. The van der Waals surface area contributed by atoms with Crippen LogP contribution in [0.4, 0.5) is 0 Å². The third-order valence-electron chi connectivity index (χ3n) is 3.16. The Hall–Kier alpha value is -2.37. The van der Waals surface area contributed by atoms with Crippen molar-refractivity contribution in [2.45, 2.75) is 39.3 Å². The number of aryl methyl sites for hydroxylation is 2. The average molecular weight is 303 g/mol. The van der Waals surface area contributed by atoms with Crippen molar-refractivity contribution in [3.63, 3.8) is 0 Å². The Balaban J connectivity index is 1.92. The minimum Gasteiger partial charge on any atom is -0.476 e. The van der Waals surface area contributed by atoms with Crippen molar-refractivity contribution in [3.8, 4) is 5.75 Å². The van der Waals surface area contributed by atoms with Crippen molar-refractivity contribution in [1.29, 1.82) is 0 Å². The van der Waals surface area contributed by atoms with E-state index in [4.69, 9.17) is 9.47 Å². The standard InChI is InChI=1S/C16H21N3O3/c1-4-21-15(20)16(2,3)22-14-7-5-13(6-8-14)9-11-19-12-10-17-18-19/h5-8,10,12H,4,9,11H2,1-3H3. The summed E-state index contributed by atoms with van der Waals surface area (Å²) in [6, 6.07) is 7.68. The van der Waals surface area contributed by atoms with Gasteiger partial charge in [-0.25, -0.2) is 4.79 Å². The fourth-order valence-corrected chi connectivity index (χ4v) is 1.96. The maximum Gasteiger partial charge on any atom is 0.349 e. The molecule has 0 aliphatic rings. The van der Waals surface area contributed by atoms with Gasteiger partial charge < -0.3 is 9.47 Å². The lowest BCUT2D eigenvalue weighted by atomic mass is 10.1. The summed E-state index contributed by atoms with van der Waals surface area (Å²) in [6.45, 7) is 6.28. The summed E-state index contributed by atoms with van der Waals surface area (Å²) in [5.74, 6) is 0.271. The van der Waals surface area contributed by atoms with E-state index in [-0.39, 0.29) is 5.97 Å². The fourth-order valence-electron chi connectivity index (χ4n) is 1.96. The van der Waals surface area contributed by atoms with E-state index in [1.807, 2.05) is 30.5 Å². The maximum absolute atomic E-state index is 11.8. The van der Waals surface area contributed by atoms with Gasteiger partial charge in [-0.05, 0) is 44.9 Å². The number of esters is 1. The van der Waals surface area contributed by atoms with Crippen molar-refractivity contribution in [2.24, 2.45) is 0 Å². The van der Waals surface area contributed by atoms with Crippen LogP contribution < -0.4 is 4.74 Å². The number of ether oxygens (including phenoxy) is 2. The molecule has 6 nitrogen and oxygen atoms in total. The molecule has 2 rings (SSSR count). The largest absolute Gasteiger partial charge is 0.476 e. The minimum absolute atomic E-state index is 0.340. The molecular weight excluding hydrogens is 282 g/mol. The van der Waals surface area contributed by atoms with Crippen molar-refractivity contribution in [3.05, 3.63) is 42.2 Å². The van der Waals surface area contributed by atoms with Crippen LogP contribution in [0.3, 0.4) is 0 Å². The summed E-state index contributed by atoms with van der Waals surface area (Å²) in [7, 11) is 0. The van der Waals surface area contributed by atoms with Crippen LogP contribution >= 0.6 is 0 Å². The van der Waals surface area contributed by atoms with Gasteiger partial charge >= 0.3 is 5.97 Å². The quantitative estimate of drug-likeness (QED) is 0.734. The summed E-state index contributed by atoms with van der Waals surface area (Å²) in [5.41, 5.74) is 0.162. The molecule has 2 aromatic rings. The number of carbonyl (C=O) groups is 1. The second-order valence-electron chi connectivity index (χ2n) is 5.39. The van der Waals surface area contributed by atoms with E-state index in [1.54, 1.807) is 31.6 Å². The van der Waals surface area contributed by atoms with Crippen molar-refractivity contribution >= 4 is 5.97 Å². The summed E-state index contributed by atoms with van der Waals surface area (Å²) < 4.78 is 12.5. The Morgan fingerprint density at radius 1 is 1.27 bits per heavy atom. The van der Waals surface area contributed by atoms with Crippen molar-refractivity contribution in [1.82, 2.24) is 15.0 Å². The molecule has 0 spiro atoms. The number of hydrogen-bond donors (Lipinski definition) is 0. The lowest BCUT2D eigenvalue weighted by Crippen LogP contribution is -2.39. The van der Waals surface area contributed by atoms with Gasteiger partial charge in [-0.15, -0.1) is 5.10 Å². The van der Waals surface area contributed by atoms with Crippen LogP contribution in [0.15, 0.2) is 36.7 Å². The zero-order valence-corrected chi connectivity index (χ0v) is 13.2. The second kappa shape index (κ2) is 7.06. The van der Waals surface area contributed by atoms with E-state index in [2.05, 4.69) is 10.3 Å². The minimum atomic E-state index is -1.00. The summed E-state index contributed by atoms with van der Waals surface area (Å²) in [4.78, 5) is 11.8. The number of aromatic nitrogens is 3. The Kier molecular flexibility index (Phi) is 5.14. The number of hydrogen-bond acceptors (Lipinski definition) is 5. The van der Waals surface area contributed by atoms with Gasteiger partial charge in [0, 0.05) is 12.7 Å². The average Bonchev–Trinajstić information content (AvgIpc) is 3.00. The topological polar surface area (TPSA) is 66.2 Å². The third-order valence-corrected chi connectivity index (χ3v) is 3.16. The van der Waals surface area contributed by atoms with Crippen LogP contribution in [0.5, 0.6) is 5.75 Å². The van der Waals surface area contributed by atoms with E-state index in [0.29, 0.717) is 12.4 Å². The van der Waals surface area contributed by atoms with Gasteiger partial charge in [0.15, 0.2) is 5.60 Å². The van der Waals surface area contributed by atoms with Crippen molar-refractivity contribution in [2.75, 3.05) is 6.61 Å². The molecule has 1 aromatic carbocycles. The predicted molar refractivity (Wildman–Crippen MR) is 81.5 cm³/mol. The molecule has 1 heterocycles. The Labute approximate surface area is 130 Å². The molecule has 0 unspecified atom stereocenters. The SMILES string of the molecule is CCOC(=O)C(C)(C)Oc1ccc(CCn2ccnn2)cc1. The van der Waals surface area contributed by atoms with Gasteiger partial charge in [-0.1, -0.05) is 17.3 Å². The number of carbonyl (C=O) groups excluding carboxylic acids is 1. The molecule has 0 N–H and O–H groups in total. The number of nitrogens with zero attached hydrogens (tertiary/aromatic N) is 3. The molecule has 22 heavy (non-hydrogen) atoms. The van der Waals surface area contributed by atoms with Gasteiger partial charge in [-0.3, -0.25) is 4.68 Å². The Morgan fingerprint density at radius 2 is 2.00 bits per heavy atom. The third kappa shape index (κ3) is 4.31. The monoisotopic (exact) mass is 303 g/mol. The molecule has 0 radical (unpaired) electrons. The summed E-state index contributed by atoms with van der Waals surface area (Å²) in [6.07, 6.45) is 4.35.